The minimum Gasteiger partial charge on any atom is -0.377 e. The van der Waals surface area contributed by atoms with Gasteiger partial charge in [-0.3, -0.25) is 4.99 Å². The highest BCUT2D eigenvalue weighted by Crippen LogP contribution is 2.23. The van der Waals surface area contributed by atoms with E-state index in [0.29, 0.717) is 6.04 Å². The van der Waals surface area contributed by atoms with Gasteiger partial charge in [-0.05, 0) is 44.4 Å². The van der Waals surface area contributed by atoms with Crippen LogP contribution >= 0.6 is 24.0 Å². The SMILES string of the molecule is CN=C(NCCC1=CCOCC1)NC1CCC(C)CC1.I. The van der Waals surface area contributed by atoms with Crippen molar-refractivity contribution in [1.29, 1.82) is 0 Å². The molecule has 0 spiro atoms. The molecule has 0 radical (unpaired) electrons. The highest BCUT2D eigenvalue weighted by Gasteiger charge is 2.18. The van der Waals surface area contributed by atoms with Crippen molar-refractivity contribution < 1.29 is 4.74 Å². The minimum absolute atomic E-state index is 0. The van der Waals surface area contributed by atoms with Crippen LogP contribution in [-0.2, 0) is 4.74 Å². The van der Waals surface area contributed by atoms with Crippen LogP contribution < -0.4 is 10.6 Å². The molecule has 0 aromatic rings. The van der Waals surface area contributed by atoms with Crippen molar-refractivity contribution >= 4 is 29.9 Å². The summed E-state index contributed by atoms with van der Waals surface area (Å²) in [5.41, 5.74) is 1.51. The van der Waals surface area contributed by atoms with Crippen LogP contribution in [0.5, 0.6) is 0 Å². The van der Waals surface area contributed by atoms with Gasteiger partial charge in [0.05, 0.1) is 13.2 Å². The number of halogens is 1. The van der Waals surface area contributed by atoms with Crippen LogP contribution in [0.2, 0.25) is 0 Å². The Morgan fingerprint density at radius 2 is 2.10 bits per heavy atom. The van der Waals surface area contributed by atoms with E-state index in [2.05, 4.69) is 28.6 Å². The summed E-state index contributed by atoms with van der Waals surface area (Å²) in [6, 6.07) is 0.597. The Morgan fingerprint density at radius 3 is 2.71 bits per heavy atom. The Labute approximate surface area is 146 Å². The molecule has 1 saturated carbocycles. The summed E-state index contributed by atoms with van der Waals surface area (Å²) >= 11 is 0. The Balaban J connectivity index is 0.00000220. The molecule has 0 bridgehead atoms. The van der Waals surface area contributed by atoms with Crippen LogP contribution in [0.25, 0.3) is 0 Å². The largest absolute Gasteiger partial charge is 0.377 e. The normalized spacial score (nSPS) is 26.6. The van der Waals surface area contributed by atoms with Gasteiger partial charge in [0.15, 0.2) is 5.96 Å². The first kappa shape index (κ1) is 18.7. The standard InChI is InChI=1S/C16H29N3O.HI/c1-13-3-5-15(6-4-13)19-16(17-2)18-10-7-14-8-11-20-12-9-14;/h8,13,15H,3-7,9-12H2,1-2H3,(H2,17,18,19);1H. The van der Waals surface area contributed by atoms with E-state index in [1.807, 2.05) is 7.05 Å². The van der Waals surface area contributed by atoms with E-state index in [1.165, 1.54) is 31.3 Å². The maximum atomic E-state index is 5.32. The van der Waals surface area contributed by atoms with Crippen LogP contribution in [0.3, 0.4) is 0 Å². The van der Waals surface area contributed by atoms with Crippen molar-refractivity contribution in [1.82, 2.24) is 10.6 Å². The predicted octanol–water partition coefficient (Wildman–Crippen LogP) is 3.08. The van der Waals surface area contributed by atoms with E-state index >= 15 is 0 Å². The molecule has 0 saturated heterocycles. The van der Waals surface area contributed by atoms with Gasteiger partial charge in [-0.15, -0.1) is 24.0 Å². The van der Waals surface area contributed by atoms with Crippen molar-refractivity contribution in [3.05, 3.63) is 11.6 Å². The molecular formula is C16H30IN3O. The zero-order valence-electron chi connectivity index (χ0n) is 13.4. The van der Waals surface area contributed by atoms with Crippen molar-refractivity contribution in [3.8, 4) is 0 Å². The van der Waals surface area contributed by atoms with Crippen molar-refractivity contribution in [2.45, 2.75) is 51.5 Å². The average Bonchev–Trinajstić information content (AvgIpc) is 2.49. The van der Waals surface area contributed by atoms with Crippen LogP contribution in [0.15, 0.2) is 16.6 Å². The molecule has 4 nitrogen and oxygen atoms in total. The van der Waals surface area contributed by atoms with Crippen molar-refractivity contribution in [2.24, 2.45) is 10.9 Å². The molecule has 1 aliphatic heterocycles. The van der Waals surface area contributed by atoms with Crippen LogP contribution in [0.4, 0.5) is 0 Å². The fraction of sp³-hybridized carbons (Fsp3) is 0.812. The molecule has 2 aliphatic rings. The van der Waals surface area contributed by atoms with Gasteiger partial charge in [-0.25, -0.2) is 0 Å². The predicted molar refractivity (Wildman–Crippen MR) is 99.5 cm³/mol. The lowest BCUT2D eigenvalue weighted by Crippen LogP contribution is -2.45. The summed E-state index contributed by atoms with van der Waals surface area (Å²) in [6.07, 6.45) is 9.59. The number of aliphatic imine (C=N–C) groups is 1. The van der Waals surface area contributed by atoms with Gasteiger partial charge in [0.1, 0.15) is 0 Å². The molecule has 5 heteroatoms. The molecule has 0 amide bonds. The summed E-state index contributed by atoms with van der Waals surface area (Å²) in [5.74, 6) is 1.85. The summed E-state index contributed by atoms with van der Waals surface area (Å²) < 4.78 is 5.32. The Hall–Kier alpha value is -0.300. The Morgan fingerprint density at radius 1 is 1.33 bits per heavy atom. The zero-order chi connectivity index (χ0) is 14.2. The van der Waals surface area contributed by atoms with Gasteiger partial charge in [-0.1, -0.05) is 18.6 Å². The van der Waals surface area contributed by atoms with Crippen LogP contribution in [0.1, 0.15) is 45.4 Å². The monoisotopic (exact) mass is 407 g/mol. The number of nitrogens with zero attached hydrogens (tertiary/aromatic N) is 1. The first-order chi connectivity index (χ1) is 9.78. The molecule has 2 N–H and O–H groups in total. The summed E-state index contributed by atoms with van der Waals surface area (Å²) in [4.78, 5) is 4.33. The molecule has 1 heterocycles. The number of hydrogen-bond donors (Lipinski definition) is 2. The van der Waals surface area contributed by atoms with Gasteiger partial charge in [0.2, 0.25) is 0 Å². The van der Waals surface area contributed by atoms with Crippen molar-refractivity contribution in [3.63, 3.8) is 0 Å². The smallest absolute Gasteiger partial charge is 0.191 e. The molecule has 1 aliphatic carbocycles. The topological polar surface area (TPSA) is 45.7 Å². The number of hydrogen-bond acceptors (Lipinski definition) is 2. The van der Waals surface area contributed by atoms with Gasteiger partial charge in [0.25, 0.3) is 0 Å². The van der Waals surface area contributed by atoms with E-state index in [-0.39, 0.29) is 24.0 Å². The third kappa shape index (κ3) is 7.00. The summed E-state index contributed by atoms with van der Waals surface area (Å²) in [5, 5.41) is 6.99. The van der Waals surface area contributed by atoms with E-state index in [9.17, 15) is 0 Å². The number of nitrogens with one attached hydrogen (secondary N) is 2. The number of guanidine groups is 1. The van der Waals surface area contributed by atoms with E-state index in [4.69, 9.17) is 4.74 Å². The lowest BCUT2D eigenvalue weighted by molar-refractivity contribution is 0.153. The zero-order valence-corrected chi connectivity index (χ0v) is 15.7. The number of rotatable bonds is 4. The van der Waals surface area contributed by atoms with Gasteiger partial charge < -0.3 is 15.4 Å². The minimum atomic E-state index is 0. The van der Waals surface area contributed by atoms with Gasteiger partial charge >= 0.3 is 0 Å². The van der Waals surface area contributed by atoms with Crippen LogP contribution in [-0.4, -0.2) is 38.8 Å². The lowest BCUT2D eigenvalue weighted by atomic mass is 9.87. The van der Waals surface area contributed by atoms with E-state index < -0.39 is 0 Å². The van der Waals surface area contributed by atoms with Gasteiger partial charge in [-0.2, -0.15) is 0 Å². The molecule has 0 atom stereocenters. The first-order valence-corrected chi connectivity index (χ1v) is 8.00. The summed E-state index contributed by atoms with van der Waals surface area (Å²) in [6.45, 7) is 4.96. The first-order valence-electron chi connectivity index (χ1n) is 8.00. The van der Waals surface area contributed by atoms with E-state index in [1.54, 1.807) is 0 Å². The molecule has 21 heavy (non-hydrogen) atoms. The van der Waals surface area contributed by atoms with E-state index in [0.717, 1.165) is 44.5 Å². The molecule has 1 fully saturated rings. The third-order valence-corrected chi connectivity index (χ3v) is 4.38. The molecule has 0 unspecified atom stereocenters. The highest BCUT2D eigenvalue weighted by atomic mass is 127. The maximum absolute atomic E-state index is 5.32. The molecule has 122 valence electrons. The second-order valence-corrected chi connectivity index (χ2v) is 6.04. The molecule has 0 aromatic carbocycles. The third-order valence-electron chi connectivity index (χ3n) is 4.38. The lowest BCUT2D eigenvalue weighted by Gasteiger charge is -2.28. The van der Waals surface area contributed by atoms with Crippen LogP contribution in [0, 0.1) is 5.92 Å². The maximum Gasteiger partial charge on any atom is 0.191 e. The fourth-order valence-corrected chi connectivity index (χ4v) is 2.93. The quantitative estimate of drug-likeness (QED) is 0.326. The summed E-state index contributed by atoms with van der Waals surface area (Å²) in [7, 11) is 1.86. The fourth-order valence-electron chi connectivity index (χ4n) is 2.93. The molecular weight excluding hydrogens is 377 g/mol. The second-order valence-electron chi connectivity index (χ2n) is 6.04. The van der Waals surface area contributed by atoms with Gasteiger partial charge in [0, 0.05) is 19.6 Å². The second kappa shape index (κ2) is 10.4. The molecule has 2 rings (SSSR count). The number of ether oxygens (including phenoxy) is 1. The molecule has 0 aromatic heterocycles. The highest BCUT2D eigenvalue weighted by molar-refractivity contribution is 14.0. The Kier molecular flexibility index (Phi) is 9.31. The Bertz CT molecular complexity index is 349. The van der Waals surface area contributed by atoms with Crippen molar-refractivity contribution in [2.75, 3.05) is 26.8 Å². The average molecular weight is 407 g/mol.